The highest BCUT2D eigenvalue weighted by atomic mass is 32.2. The number of carbonyl (C=O) groups is 1. The molecule has 1 unspecified atom stereocenters. The van der Waals surface area contributed by atoms with E-state index >= 15 is 0 Å². The average Bonchev–Trinajstić information content (AvgIpc) is 2.26. The average molecular weight is 232 g/mol. The molecule has 0 spiro atoms. The molecule has 3 N–H and O–H groups in total. The van der Waals surface area contributed by atoms with Crippen molar-refractivity contribution in [2.75, 3.05) is 25.1 Å². The number of carbonyl (C=O) groups excluding carboxylic acids is 1. The van der Waals surface area contributed by atoms with Gasteiger partial charge < -0.3 is 15.7 Å². The van der Waals surface area contributed by atoms with Gasteiger partial charge in [0.2, 0.25) is 5.91 Å². The Balaban J connectivity index is 2.32. The topological polar surface area (TPSA) is 66.6 Å². The lowest BCUT2D eigenvalue weighted by Gasteiger charge is -2.31. The highest BCUT2D eigenvalue weighted by Crippen LogP contribution is 2.12. The van der Waals surface area contributed by atoms with Crippen molar-refractivity contribution in [1.29, 1.82) is 0 Å². The van der Waals surface area contributed by atoms with Crippen molar-refractivity contribution in [3.63, 3.8) is 0 Å². The molecule has 1 saturated heterocycles. The van der Waals surface area contributed by atoms with Gasteiger partial charge in [-0.3, -0.25) is 4.79 Å². The van der Waals surface area contributed by atoms with E-state index in [1.54, 1.807) is 16.7 Å². The van der Waals surface area contributed by atoms with Gasteiger partial charge in [-0.1, -0.05) is 0 Å². The lowest BCUT2D eigenvalue weighted by molar-refractivity contribution is -0.134. The van der Waals surface area contributed by atoms with Gasteiger partial charge in [-0.2, -0.15) is 11.8 Å². The maximum atomic E-state index is 11.8. The Morgan fingerprint density at radius 3 is 2.73 bits per heavy atom. The van der Waals surface area contributed by atoms with Crippen molar-refractivity contribution in [3.05, 3.63) is 0 Å². The zero-order valence-corrected chi connectivity index (χ0v) is 10.0. The lowest BCUT2D eigenvalue weighted by Crippen LogP contribution is -2.48. The first-order valence-electron chi connectivity index (χ1n) is 5.36. The molecule has 1 heterocycles. The number of amides is 1. The molecule has 0 bridgehead atoms. The number of thioether (sulfide) groups is 1. The van der Waals surface area contributed by atoms with Crippen molar-refractivity contribution in [2.24, 2.45) is 5.73 Å². The summed E-state index contributed by atoms with van der Waals surface area (Å²) >= 11 is 1.70. The molecule has 1 amide bonds. The standard InChI is InChI=1S/C10H20N2O2S/c1-15-7-4-9(11)10(14)12-5-2-8(13)3-6-12/h8-9,13H,2-7,11H2,1H3. The quantitative estimate of drug-likeness (QED) is 0.719. The minimum Gasteiger partial charge on any atom is -0.393 e. The Labute approximate surface area is 95.2 Å². The van der Waals surface area contributed by atoms with Gasteiger partial charge in [0.05, 0.1) is 12.1 Å². The van der Waals surface area contributed by atoms with E-state index in [1.807, 2.05) is 6.26 Å². The summed E-state index contributed by atoms with van der Waals surface area (Å²) in [6.45, 7) is 1.29. The SMILES string of the molecule is CSCCC(N)C(=O)N1CCC(O)CC1. The lowest BCUT2D eigenvalue weighted by atomic mass is 10.1. The highest BCUT2D eigenvalue weighted by Gasteiger charge is 2.24. The van der Waals surface area contributed by atoms with Gasteiger partial charge in [0.15, 0.2) is 0 Å². The minimum atomic E-state index is -0.368. The molecule has 1 fully saturated rings. The van der Waals surface area contributed by atoms with Crippen molar-refractivity contribution >= 4 is 17.7 Å². The highest BCUT2D eigenvalue weighted by molar-refractivity contribution is 7.98. The third-order valence-corrected chi connectivity index (χ3v) is 3.37. The van der Waals surface area contributed by atoms with Crippen LogP contribution in [-0.4, -0.2) is 53.2 Å². The molecule has 0 aliphatic carbocycles. The van der Waals surface area contributed by atoms with Crippen molar-refractivity contribution < 1.29 is 9.90 Å². The molecule has 15 heavy (non-hydrogen) atoms. The molecule has 0 saturated carbocycles. The van der Waals surface area contributed by atoms with Crippen molar-refractivity contribution in [2.45, 2.75) is 31.4 Å². The molecule has 0 aromatic heterocycles. The summed E-state index contributed by atoms with van der Waals surface area (Å²) in [5.41, 5.74) is 5.80. The fourth-order valence-corrected chi connectivity index (χ4v) is 2.18. The van der Waals surface area contributed by atoms with E-state index in [2.05, 4.69) is 0 Å². The molecular formula is C10H20N2O2S. The molecule has 0 aromatic rings. The predicted octanol–water partition coefficient (Wildman–Crippen LogP) is 0.0501. The molecule has 5 heteroatoms. The van der Waals surface area contributed by atoms with Crippen molar-refractivity contribution in [3.8, 4) is 0 Å². The van der Waals surface area contributed by atoms with Gasteiger partial charge in [0.25, 0.3) is 0 Å². The monoisotopic (exact) mass is 232 g/mol. The van der Waals surface area contributed by atoms with E-state index in [0.717, 1.165) is 12.2 Å². The molecule has 1 atom stereocenters. The van der Waals surface area contributed by atoms with E-state index in [4.69, 9.17) is 5.73 Å². The number of hydrogen-bond donors (Lipinski definition) is 2. The first-order chi connectivity index (χ1) is 7.15. The largest absolute Gasteiger partial charge is 0.393 e. The Morgan fingerprint density at radius 2 is 2.20 bits per heavy atom. The van der Waals surface area contributed by atoms with E-state index in [1.165, 1.54) is 0 Å². The Bertz CT molecular complexity index is 206. The summed E-state index contributed by atoms with van der Waals surface area (Å²) in [4.78, 5) is 13.6. The molecule has 0 radical (unpaired) electrons. The molecule has 1 aliphatic rings. The van der Waals surface area contributed by atoms with Crippen LogP contribution in [0.2, 0.25) is 0 Å². The van der Waals surface area contributed by atoms with Crippen LogP contribution in [0.25, 0.3) is 0 Å². The number of nitrogens with two attached hydrogens (primary N) is 1. The smallest absolute Gasteiger partial charge is 0.239 e. The minimum absolute atomic E-state index is 0.0379. The van der Waals surface area contributed by atoms with E-state index in [0.29, 0.717) is 25.9 Å². The van der Waals surface area contributed by atoms with Crippen LogP contribution in [0.4, 0.5) is 0 Å². The molecular weight excluding hydrogens is 212 g/mol. The van der Waals surface area contributed by atoms with Crippen LogP contribution in [0, 0.1) is 0 Å². The number of piperidine rings is 1. The third kappa shape index (κ3) is 4.01. The summed E-state index contributed by atoms with van der Waals surface area (Å²) < 4.78 is 0. The zero-order chi connectivity index (χ0) is 11.3. The molecule has 1 aliphatic heterocycles. The van der Waals surface area contributed by atoms with Crippen LogP contribution in [0.15, 0.2) is 0 Å². The van der Waals surface area contributed by atoms with Gasteiger partial charge >= 0.3 is 0 Å². The fraction of sp³-hybridized carbons (Fsp3) is 0.900. The van der Waals surface area contributed by atoms with Crippen LogP contribution in [0.1, 0.15) is 19.3 Å². The molecule has 0 aromatic carbocycles. The van der Waals surface area contributed by atoms with E-state index < -0.39 is 0 Å². The second-order valence-corrected chi connectivity index (χ2v) is 4.93. The van der Waals surface area contributed by atoms with E-state index in [9.17, 15) is 9.90 Å². The van der Waals surface area contributed by atoms with Gasteiger partial charge in [0.1, 0.15) is 0 Å². The Kier molecular flexibility index (Phi) is 5.42. The van der Waals surface area contributed by atoms with Crippen LogP contribution in [0.5, 0.6) is 0 Å². The van der Waals surface area contributed by atoms with E-state index in [-0.39, 0.29) is 18.1 Å². The van der Waals surface area contributed by atoms with Crippen LogP contribution in [-0.2, 0) is 4.79 Å². The summed E-state index contributed by atoms with van der Waals surface area (Å²) in [6.07, 6.45) is 3.87. The third-order valence-electron chi connectivity index (χ3n) is 2.73. The molecule has 4 nitrogen and oxygen atoms in total. The summed E-state index contributed by atoms with van der Waals surface area (Å²) in [7, 11) is 0. The molecule has 1 rings (SSSR count). The summed E-state index contributed by atoms with van der Waals surface area (Å²) in [5, 5.41) is 9.32. The maximum absolute atomic E-state index is 11.8. The predicted molar refractivity (Wildman–Crippen MR) is 62.8 cm³/mol. The number of aliphatic hydroxyl groups is 1. The first-order valence-corrected chi connectivity index (χ1v) is 6.76. The van der Waals surface area contributed by atoms with Gasteiger partial charge in [-0.25, -0.2) is 0 Å². The van der Waals surface area contributed by atoms with Gasteiger partial charge in [0, 0.05) is 13.1 Å². The second kappa shape index (κ2) is 6.35. The Hall–Kier alpha value is -0.260. The molecule has 88 valence electrons. The number of hydrogen-bond acceptors (Lipinski definition) is 4. The van der Waals surface area contributed by atoms with Crippen LogP contribution >= 0.6 is 11.8 Å². The van der Waals surface area contributed by atoms with Crippen molar-refractivity contribution in [1.82, 2.24) is 4.90 Å². The Morgan fingerprint density at radius 1 is 1.60 bits per heavy atom. The second-order valence-electron chi connectivity index (χ2n) is 3.94. The van der Waals surface area contributed by atoms with Crippen LogP contribution in [0.3, 0.4) is 0 Å². The number of likely N-dealkylation sites (tertiary alicyclic amines) is 1. The first kappa shape index (κ1) is 12.8. The normalized spacial score (nSPS) is 20.3. The summed E-state index contributed by atoms with van der Waals surface area (Å²) in [6, 6.07) is -0.368. The number of nitrogens with zero attached hydrogens (tertiary/aromatic N) is 1. The van der Waals surface area contributed by atoms with Gasteiger partial charge in [-0.15, -0.1) is 0 Å². The van der Waals surface area contributed by atoms with Gasteiger partial charge in [-0.05, 0) is 31.3 Å². The zero-order valence-electron chi connectivity index (χ0n) is 9.19. The fourth-order valence-electron chi connectivity index (χ4n) is 1.69. The number of aliphatic hydroxyl groups excluding tert-OH is 1. The van der Waals surface area contributed by atoms with Crippen LogP contribution < -0.4 is 5.73 Å². The maximum Gasteiger partial charge on any atom is 0.239 e. The number of rotatable bonds is 4. The summed E-state index contributed by atoms with van der Waals surface area (Å²) in [5.74, 6) is 0.958.